The number of rotatable bonds is 4. The first kappa shape index (κ1) is 13.8. The predicted molar refractivity (Wildman–Crippen MR) is 85.4 cm³/mol. The van der Waals surface area contributed by atoms with Gasteiger partial charge in [0.1, 0.15) is 0 Å². The molecule has 1 atom stereocenters. The van der Waals surface area contributed by atoms with Gasteiger partial charge in [0.05, 0.1) is 31.3 Å². The Kier molecular flexibility index (Phi) is 3.47. The fraction of sp³-hybridized carbons (Fsp3) is 0.267. The number of thiophene rings is 1. The lowest BCUT2D eigenvalue weighted by atomic mass is 10.1. The normalized spacial score (nSPS) is 12.5. The van der Waals surface area contributed by atoms with Crippen molar-refractivity contribution in [3.8, 4) is 11.5 Å². The van der Waals surface area contributed by atoms with Gasteiger partial charge in [0.2, 0.25) is 5.95 Å². The summed E-state index contributed by atoms with van der Waals surface area (Å²) in [4.78, 5) is 4.44. The Balaban J connectivity index is 2.20. The van der Waals surface area contributed by atoms with Crippen LogP contribution in [-0.2, 0) is 0 Å². The van der Waals surface area contributed by atoms with Crippen molar-refractivity contribution in [2.24, 2.45) is 0 Å². The Morgan fingerprint density at radius 3 is 2.57 bits per heavy atom. The molecule has 0 saturated heterocycles. The maximum atomic E-state index is 6.12. The zero-order chi connectivity index (χ0) is 15.0. The van der Waals surface area contributed by atoms with Crippen molar-refractivity contribution in [2.75, 3.05) is 20.0 Å². The second-order valence-corrected chi connectivity index (χ2v) is 5.55. The lowest BCUT2D eigenvalue weighted by molar-refractivity contribution is 0.355. The molecule has 0 bridgehead atoms. The monoisotopic (exact) mass is 303 g/mol. The highest BCUT2D eigenvalue weighted by Crippen LogP contribution is 2.35. The number of benzene rings is 1. The number of anilines is 1. The maximum Gasteiger partial charge on any atom is 0.201 e. The average molecular weight is 303 g/mol. The number of ether oxygens (including phenoxy) is 2. The van der Waals surface area contributed by atoms with Gasteiger partial charge in [-0.2, -0.15) is 11.3 Å². The molecule has 110 valence electrons. The second-order valence-electron chi connectivity index (χ2n) is 4.77. The van der Waals surface area contributed by atoms with E-state index in [0.29, 0.717) is 17.4 Å². The Hall–Kier alpha value is -2.21. The summed E-state index contributed by atoms with van der Waals surface area (Å²) in [6, 6.07) is 5.97. The molecule has 0 aliphatic carbocycles. The van der Waals surface area contributed by atoms with Crippen LogP contribution in [0.4, 0.5) is 5.95 Å². The number of nitrogens with zero attached hydrogens (tertiary/aromatic N) is 2. The van der Waals surface area contributed by atoms with E-state index in [-0.39, 0.29) is 6.04 Å². The molecular weight excluding hydrogens is 286 g/mol. The van der Waals surface area contributed by atoms with Gasteiger partial charge in [-0.1, -0.05) is 0 Å². The van der Waals surface area contributed by atoms with Crippen LogP contribution >= 0.6 is 11.3 Å². The van der Waals surface area contributed by atoms with Crippen molar-refractivity contribution < 1.29 is 9.47 Å². The minimum Gasteiger partial charge on any atom is -0.493 e. The highest BCUT2D eigenvalue weighted by Gasteiger charge is 2.18. The number of nitrogen functional groups attached to an aromatic ring is 1. The molecule has 3 rings (SSSR count). The number of methoxy groups -OCH3 is 2. The van der Waals surface area contributed by atoms with Crippen molar-refractivity contribution in [2.45, 2.75) is 13.0 Å². The van der Waals surface area contributed by atoms with Gasteiger partial charge in [-0.05, 0) is 29.3 Å². The van der Waals surface area contributed by atoms with Gasteiger partial charge in [0, 0.05) is 12.1 Å². The van der Waals surface area contributed by atoms with Gasteiger partial charge in [0.15, 0.2) is 11.5 Å². The summed E-state index contributed by atoms with van der Waals surface area (Å²) in [5.74, 6) is 1.81. The molecule has 2 aromatic heterocycles. The minimum atomic E-state index is 0.111. The van der Waals surface area contributed by atoms with Crippen LogP contribution in [0.3, 0.4) is 0 Å². The lowest BCUT2D eigenvalue weighted by Gasteiger charge is -2.15. The highest BCUT2D eigenvalue weighted by molar-refractivity contribution is 7.07. The van der Waals surface area contributed by atoms with Crippen LogP contribution in [0, 0.1) is 0 Å². The number of hydrogen-bond acceptors (Lipinski definition) is 5. The first-order valence-corrected chi connectivity index (χ1v) is 7.51. The topological polar surface area (TPSA) is 62.3 Å². The van der Waals surface area contributed by atoms with Crippen LogP contribution in [-0.4, -0.2) is 23.8 Å². The largest absolute Gasteiger partial charge is 0.493 e. The fourth-order valence-electron chi connectivity index (χ4n) is 2.51. The quantitative estimate of drug-likeness (QED) is 0.803. The van der Waals surface area contributed by atoms with Crippen molar-refractivity contribution >= 4 is 28.3 Å². The second kappa shape index (κ2) is 5.29. The average Bonchev–Trinajstić information content (AvgIpc) is 3.11. The molecule has 0 radical (unpaired) electrons. The summed E-state index contributed by atoms with van der Waals surface area (Å²) in [5, 5.41) is 4.18. The third kappa shape index (κ3) is 2.21. The molecule has 2 heterocycles. The summed E-state index contributed by atoms with van der Waals surface area (Å²) in [6.45, 7) is 2.11. The van der Waals surface area contributed by atoms with E-state index in [2.05, 4.69) is 28.7 Å². The molecule has 0 aliphatic rings. The summed E-state index contributed by atoms with van der Waals surface area (Å²) in [7, 11) is 3.23. The van der Waals surface area contributed by atoms with E-state index < -0.39 is 0 Å². The lowest BCUT2D eigenvalue weighted by Crippen LogP contribution is -2.09. The van der Waals surface area contributed by atoms with Crippen LogP contribution < -0.4 is 15.2 Å². The number of fused-ring (bicyclic) bond motifs is 1. The number of hydrogen-bond donors (Lipinski definition) is 1. The fourth-order valence-corrected chi connectivity index (χ4v) is 3.26. The van der Waals surface area contributed by atoms with Crippen LogP contribution in [0.15, 0.2) is 29.0 Å². The van der Waals surface area contributed by atoms with E-state index in [9.17, 15) is 0 Å². The molecule has 6 heteroatoms. The van der Waals surface area contributed by atoms with Gasteiger partial charge in [-0.25, -0.2) is 4.98 Å². The summed E-state index contributed by atoms with van der Waals surface area (Å²) in [6.07, 6.45) is 0. The summed E-state index contributed by atoms with van der Waals surface area (Å²) >= 11 is 1.67. The zero-order valence-electron chi connectivity index (χ0n) is 12.2. The van der Waals surface area contributed by atoms with Gasteiger partial charge < -0.3 is 19.8 Å². The molecule has 2 N–H and O–H groups in total. The first-order valence-electron chi connectivity index (χ1n) is 6.57. The molecule has 0 spiro atoms. The molecule has 21 heavy (non-hydrogen) atoms. The molecule has 1 unspecified atom stereocenters. The molecule has 0 fully saturated rings. The van der Waals surface area contributed by atoms with Crippen molar-refractivity contribution in [3.05, 3.63) is 34.5 Å². The van der Waals surface area contributed by atoms with Crippen LogP contribution in [0.25, 0.3) is 11.0 Å². The van der Waals surface area contributed by atoms with Gasteiger partial charge in [-0.15, -0.1) is 0 Å². The van der Waals surface area contributed by atoms with Crippen molar-refractivity contribution in [1.82, 2.24) is 9.55 Å². The number of nitrogens with two attached hydrogens (primary N) is 1. The smallest absolute Gasteiger partial charge is 0.201 e. The van der Waals surface area contributed by atoms with Crippen LogP contribution in [0.5, 0.6) is 11.5 Å². The van der Waals surface area contributed by atoms with E-state index in [1.165, 1.54) is 5.56 Å². The van der Waals surface area contributed by atoms with E-state index in [1.54, 1.807) is 25.6 Å². The van der Waals surface area contributed by atoms with Crippen molar-refractivity contribution in [1.29, 1.82) is 0 Å². The summed E-state index contributed by atoms with van der Waals surface area (Å²) in [5.41, 5.74) is 9.06. The molecule has 0 aliphatic heterocycles. The third-order valence-corrected chi connectivity index (χ3v) is 4.34. The van der Waals surface area contributed by atoms with Gasteiger partial charge in [0.25, 0.3) is 0 Å². The Morgan fingerprint density at radius 2 is 1.95 bits per heavy atom. The predicted octanol–water partition coefficient (Wildman–Crippen LogP) is 3.31. The highest BCUT2D eigenvalue weighted by atomic mass is 32.1. The van der Waals surface area contributed by atoms with Gasteiger partial charge in [-0.3, -0.25) is 0 Å². The van der Waals surface area contributed by atoms with Crippen LogP contribution in [0.2, 0.25) is 0 Å². The number of imidazole rings is 1. The Morgan fingerprint density at radius 1 is 1.24 bits per heavy atom. The minimum absolute atomic E-state index is 0.111. The standard InChI is InChI=1S/C15H17N3O2S/c1-9(10-4-5-21-8-10)18-12-7-14(20-3)13(19-2)6-11(12)17-15(18)16/h4-9H,1-3H3,(H2,16,17). The zero-order valence-corrected chi connectivity index (χ0v) is 13.0. The van der Waals surface area contributed by atoms with E-state index in [0.717, 1.165) is 11.0 Å². The summed E-state index contributed by atoms with van der Waals surface area (Å²) < 4.78 is 12.7. The molecular formula is C15H17N3O2S. The van der Waals surface area contributed by atoms with Gasteiger partial charge >= 0.3 is 0 Å². The number of aromatic nitrogens is 2. The molecule has 0 saturated carbocycles. The Labute approximate surface area is 126 Å². The van der Waals surface area contributed by atoms with Crippen molar-refractivity contribution in [3.63, 3.8) is 0 Å². The van der Waals surface area contributed by atoms with E-state index >= 15 is 0 Å². The maximum absolute atomic E-state index is 6.12. The molecule has 1 aromatic carbocycles. The van der Waals surface area contributed by atoms with E-state index in [4.69, 9.17) is 15.2 Å². The molecule has 3 aromatic rings. The third-order valence-electron chi connectivity index (χ3n) is 3.63. The molecule has 0 amide bonds. The molecule has 5 nitrogen and oxygen atoms in total. The first-order chi connectivity index (χ1) is 10.2. The SMILES string of the molecule is COc1cc2nc(N)n(C(C)c3ccsc3)c2cc1OC. The Bertz CT molecular complexity index is 765. The van der Waals surface area contributed by atoms with E-state index in [1.807, 2.05) is 16.7 Å². The van der Waals surface area contributed by atoms with Crippen LogP contribution in [0.1, 0.15) is 18.5 Å².